The Morgan fingerprint density at radius 1 is 1.29 bits per heavy atom. The molecule has 0 spiro atoms. The predicted molar refractivity (Wildman–Crippen MR) is 94.2 cm³/mol. The summed E-state index contributed by atoms with van der Waals surface area (Å²) in [4.78, 5) is 14.3. The lowest BCUT2D eigenvalue weighted by atomic mass is 10.0. The van der Waals surface area contributed by atoms with Crippen LogP contribution < -0.4 is 4.74 Å². The highest BCUT2D eigenvalue weighted by Crippen LogP contribution is 2.37. The lowest BCUT2D eigenvalue weighted by Gasteiger charge is -2.29. The van der Waals surface area contributed by atoms with Gasteiger partial charge < -0.3 is 9.84 Å². The lowest BCUT2D eigenvalue weighted by Crippen LogP contribution is -2.42. The van der Waals surface area contributed by atoms with Crippen LogP contribution in [0.5, 0.6) is 5.75 Å². The minimum absolute atomic E-state index is 0.610. The zero-order chi connectivity index (χ0) is 17.0. The molecule has 24 heavy (non-hydrogen) atoms. The fraction of sp³-hybridized carbons (Fsp3) is 0.650. The largest absolute Gasteiger partial charge is 0.478 e. The molecule has 1 N–H and O–H groups in total. The van der Waals surface area contributed by atoms with E-state index in [0.717, 1.165) is 37.2 Å². The number of hydrogen-bond donors (Lipinski definition) is 1. The first-order valence-corrected chi connectivity index (χ1v) is 9.39. The fourth-order valence-electron chi connectivity index (χ4n) is 4.23. The molecule has 0 aromatic heterocycles. The molecule has 1 unspecified atom stereocenters. The number of ether oxygens (including phenoxy) is 1. The summed E-state index contributed by atoms with van der Waals surface area (Å²) in [6.45, 7) is 4.23. The fourth-order valence-corrected chi connectivity index (χ4v) is 4.23. The minimum Gasteiger partial charge on any atom is -0.478 e. The predicted octanol–water partition coefficient (Wildman–Crippen LogP) is 4.23. The molecular formula is C20H29NO3. The van der Waals surface area contributed by atoms with Gasteiger partial charge in [-0.05, 0) is 57.6 Å². The number of benzene rings is 1. The number of nitrogens with zero attached hydrogens (tertiary/aromatic N) is 1. The lowest BCUT2D eigenvalue weighted by molar-refractivity contribution is -0.154. The van der Waals surface area contributed by atoms with Crippen LogP contribution >= 0.6 is 0 Å². The molecule has 1 atom stereocenters. The van der Waals surface area contributed by atoms with Crippen molar-refractivity contribution < 1.29 is 14.6 Å². The van der Waals surface area contributed by atoms with E-state index in [1.807, 2.05) is 18.2 Å². The van der Waals surface area contributed by atoms with E-state index in [1.54, 1.807) is 0 Å². The third-order valence-electron chi connectivity index (χ3n) is 5.57. The van der Waals surface area contributed by atoms with E-state index in [1.165, 1.54) is 25.7 Å². The van der Waals surface area contributed by atoms with E-state index in [0.29, 0.717) is 18.9 Å². The summed E-state index contributed by atoms with van der Waals surface area (Å²) in [6, 6.07) is 8.64. The van der Waals surface area contributed by atoms with Crippen LogP contribution in [0.1, 0.15) is 63.9 Å². The van der Waals surface area contributed by atoms with Gasteiger partial charge >= 0.3 is 5.97 Å². The van der Waals surface area contributed by atoms with Crippen molar-refractivity contribution >= 4 is 5.97 Å². The Morgan fingerprint density at radius 3 is 2.75 bits per heavy atom. The molecule has 0 radical (unpaired) electrons. The Bertz CT molecular complexity index is 566. The van der Waals surface area contributed by atoms with Gasteiger partial charge in [0, 0.05) is 18.2 Å². The van der Waals surface area contributed by atoms with Gasteiger partial charge in [-0.25, -0.2) is 4.79 Å². The van der Waals surface area contributed by atoms with Crippen molar-refractivity contribution in [3.8, 4) is 5.75 Å². The van der Waals surface area contributed by atoms with Crippen molar-refractivity contribution in [3.05, 3.63) is 29.8 Å². The summed E-state index contributed by atoms with van der Waals surface area (Å²) in [6.07, 6.45) is 8.06. The number of carboxylic acid groups (broad SMARTS) is 1. The van der Waals surface area contributed by atoms with E-state index >= 15 is 0 Å². The minimum atomic E-state index is -1.02. The number of hydrogen-bond acceptors (Lipinski definition) is 3. The standard InChI is InChI=1S/C20H29NO3/c1-2-8-17-10-7-14-21(17)15-16-9-3-4-11-18(16)24-20(19(22)23)12-5-6-13-20/h3-4,9,11,17H,2,5-8,10,12-15H2,1H3,(H,22,23). The van der Waals surface area contributed by atoms with Crippen LogP contribution in [0.2, 0.25) is 0 Å². The second-order valence-electron chi connectivity index (χ2n) is 7.27. The van der Waals surface area contributed by atoms with Gasteiger partial charge in [-0.1, -0.05) is 31.5 Å². The first-order chi connectivity index (χ1) is 11.6. The highest BCUT2D eigenvalue weighted by Gasteiger charge is 2.44. The van der Waals surface area contributed by atoms with Crippen molar-refractivity contribution in [2.24, 2.45) is 0 Å². The molecule has 3 rings (SSSR count). The van der Waals surface area contributed by atoms with Crippen LogP contribution in [0.3, 0.4) is 0 Å². The van der Waals surface area contributed by atoms with E-state index < -0.39 is 11.6 Å². The van der Waals surface area contributed by atoms with Crippen molar-refractivity contribution in [2.45, 2.75) is 76.5 Å². The first-order valence-electron chi connectivity index (χ1n) is 9.39. The van der Waals surface area contributed by atoms with Gasteiger partial charge in [0.15, 0.2) is 0 Å². The third kappa shape index (κ3) is 3.59. The van der Waals surface area contributed by atoms with Gasteiger partial charge in [0.1, 0.15) is 5.75 Å². The summed E-state index contributed by atoms with van der Waals surface area (Å²) >= 11 is 0. The summed E-state index contributed by atoms with van der Waals surface area (Å²) in [5, 5.41) is 9.68. The molecule has 1 aromatic carbocycles. The Morgan fingerprint density at radius 2 is 2.04 bits per heavy atom. The molecule has 4 nitrogen and oxygen atoms in total. The molecule has 0 bridgehead atoms. The van der Waals surface area contributed by atoms with E-state index in [9.17, 15) is 9.90 Å². The summed E-state index contributed by atoms with van der Waals surface area (Å²) in [7, 11) is 0. The Labute approximate surface area is 144 Å². The van der Waals surface area contributed by atoms with E-state index in [4.69, 9.17) is 4.74 Å². The molecule has 1 heterocycles. The number of carboxylic acids is 1. The molecule has 1 aromatic rings. The number of carbonyl (C=O) groups is 1. The second-order valence-corrected chi connectivity index (χ2v) is 7.27. The molecule has 1 saturated carbocycles. The van der Waals surface area contributed by atoms with Crippen LogP contribution in [0.4, 0.5) is 0 Å². The molecule has 132 valence electrons. The van der Waals surface area contributed by atoms with E-state index in [2.05, 4.69) is 17.9 Å². The van der Waals surface area contributed by atoms with Crippen LogP contribution in [-0.4, -0.2) is 34.2 Å². The zero-order valence-electron chi connectivity index (χ0n) is 14.7. The van der Waals surface area contributed by atoms with Gasteiger partial charge in [-0.15, -0.1) is 0 Å². The zero-order valence-corrected chi connectivity index (χ0v) is 14.7. The normalized spacial score (nSPS) is 23.5. The maximum Gasteiger partial charge on any atom is 0.348 e. The van der Waals surface area contributed by atoms with Crippen molar-refractivity contribution in [1.82, 2.24) is 4.90 Å². The number of rotatable bonds is 7. The van der Waals surface area contributed by atoms with Crippen LogP contribution in [-0.2, 0) is 11.3 Å². The highest BCUT2D eigenvalue weighted by atomic mass is 16.5. The van der Waals surface area contributed by atoms with Crippen LogP contribution in [0.15, 0.2) is 24.3 Å². The third-order valence-corrected chi connectivity index (χ3v) is 5.57. The Balaban J connectivity index is 1.77. The van der Waals surface area contributed by atoms with Crippen molar-refractivity contribution in [2.75, 3.05) is 6.54 Å². The maximum atomic E-state index is 11.8. The smallest absolute Gasteiger partial charge is 0.348 e. The summed E-state index contributed by atoms with van der Waals surface area (Å²) < 4.78 is 6.13. The van der Waals surface area contributed by atoms with Gasteiger partial charge in [-0.2, -0.15) is 0 Å². The monoisotopic (exact) mass is 331 g/mol. The quantitative estimate of drug-likeness (QED) is 0.812. The number of aliphatic carboxylic acids is 1. The molecule has 2 fully saturated rings. The van der Waals surface area contributed by atoms with Gasteiger partial charge in [0.05, 0.1) is 0 Å². The molecule has 4 heteroatoms. The molecule has 2 aliphatic rings. The average molecular weight is 331 g/mol. The topological polar surface area (TPSA) is 49.8 Å². The van der Waals surface area contributed by atoms with Gasteiger partial charge in [-0.3, -0.25) is 4.90 Å². The van der Waals surface area contributed by atoms with Crippen LogP contribution in [0, 0.1) is 0 Å². The first kappa shape index (κ1) is 17.3. The Kier molecular flexibility index (Phi) is 5.44. The maximum absolute atomic E-state index is 11.8. The number of para-hydroxylation sites is 1. The summed E-state index contributed by atoms with van der Waals surface area (Å²) in [5.74, 6) is -0.0659. The molecular weight excluding hydrogens is 302 g/mol. The highest BCUT2D eigenvalue weighted by molar-refractivity contribution is 5.78. The SMILES string of the molecule is CCCC1CCCN1Cc1ccccc1OC1(C(=O)O)CCCC1. The van der Waals surface area contributed by atoms with E-state index in [-0.39, 0.29) is 0 Å². The second kappa shape index (κ2) is 7.56. The summed E-state index contributed by atoms with van der Waals surface area (Å²) in [5.41, 5.74) is 0.0947. The Hall–Kier alpha value is -1.55. The molecule has 1 aliphatic heterocycles. The van der Waals surface area contributed by atoms with Crippen molar-refractivity contribution in [1.29, 1.82) is 0 Å². The van der Waals surface area contributed by atoms with Gasteiger partial charge in [0.25, 0.3) is 0 Å². The molecule has 1 aliphatic carbocycles. The van der Waals surface area contributed by atoms with Gasteiger partial charge in [0.2, 0.25) is 5.60 Å². The average Bonchev–Trinajstić information content (AvgIpc) is 3.20. The van der Waals surface area contributed by atoms with Crippen LogP contribution in [0.25, 0.3) is 0 Å². The number of likely N-dealkylation sites (tertiary alicyclic amines) is 1. The molecule has 0 amide bonds. The van der Waals surface area contributed by atoms with Crippen molar-refractivity contribution in [3.63, 3.8) is 0 Å². The molecule has 1 saturated heterocycles.